The van der Waals surface area contributed by atoms with Crippen LogP contribution in [0.2, 0.25) is 0 Å². The van der Waals surface area contributed by atoms with Crippen LogP contribution in [0, 0.1) is 5.82 Å². The highest BCUT2D eigenvalue weighted by Gasteiger charge is 2.22. The Morgan fingerprint density at radius 1 is 1.24 bits per heavy atom. The van der Waals surface area contributed by atoms with Crippen LogP contribution < -0.4 is 5.32 Å². The Morgan fingerprint density at radius 2 is 2.00 bits per heavy atom. The van der Waals surface area contributed by atoms with Gasteiger partial charge < -0.3 is 10.5 Å². The van der Waals surface area contributed by atoms with E-state index in [0.717, 1.165) is 33.2 Å². The third-order valence-electron chi connectivity index (χ3n) is 4.58. The van der Waals surface area contributed by atoms with Crippen LogP contribution in [0.4, 0.5) is 4.39 Å². The minimum Gasteiger partial charge on any atom is -0.411 e. The normalized spacial score (nSPS) is 14.8. The lowest BCUT2D eigenvalue weighted by Crippen LogP contribution is -2.23. The van der Waals surface area contributed by atoms with Gasteiger partial charge >= 0.3 is 0 Å². The standard InChI is InChI=1S/C19H16FN3O2/c1-11(22-25)18-15-6-7-23-17(24)10-21-9-13(19(15)23)8-16(18)12-2-4-14(20)5-3-12/h2-8,21,25H,9-10H2,1H3. The van der Waals surface area contributed by atoms with Crippen molar-refractivity contribution in [1.29, 1.82) is 0 Å². The van der Waals surface area contributed by atoms with E-state index in [9.17, 15) is 14.4 Å². The Balaban J connectivity index is 2.10. The van der Waals surface area contributed by atoms with Gasteiger partial charge in [-0.2, -0.15) is 0 Å². The molecule has 2 aromatic carbocycles. The molecule has 126 valence electrons. The number of hydrogen-bond acceptors (Lipinski definition) is 4. The number of nitrogens with one attached hydrogen (secondary N) is 1. The van der Waals surface area contributed by atoms with Crippen molar-refractivity contribution in [2.45, 2.75) is 13.5 Å². The predicted octanol–water partition coefficient (Wildman–Crippen LogP) is 3.39. The Kier molecular flexibility index (Phi) is 3.62. The van der Waals surface area contributed by atoms with Crippen LogP contribution in [0.25, 0.3) is 22.0 Å². The summed E-state index contributed by atoms with van der Waals surface area (Å²) in [5.74, 6) is -0.344. The topological polar surface area (TPSA) is 66.6 Å². The van der Waals surface area contributed by atoms with Gasteiger partial charge in [0.25, 0.3) is 0 Å². The lowest BCUT2D eigenvalue weighted by molar-refractivity contribution is 0.0920. The monoisotopic (exact) mass is 337 g/mol. The van der Waals surface area contributed by atoms with Gasteiger partial charge in [0, 0.05) is 23.7 Å². The molecule has 0 saturated carbocycles. The Hall–Kier alpha value is -2.99. The van der Waals surface area contributed by atoms with E-state index in [2.05, 4.69) is 10.5 Å². The van der Waals surface area contributed by atoms with Crippen molar-refractivity contribution in [3.63, 3.8) is 0 Å². The smallest absolute Gasteiger partial charge is 0.245 e. The summed E-state index contributed by atoms with van der Waals surface area (Å²) in [5, 5.41) is 16.7. The first-order chi connectivity index (χ1) is 12.1. The molecule has 5 nitrogen and oxygen atoms in total. The van der Waals surface area contributed by atoms with E-state index in [1.54, 1.807) is 29.8 Å². The summed E-state index contributed by atoms with van der Waals surface area (Å²) >= 11 is 0. The number of nitrogens with zero attached hydrogens (tertiary/aromatic N) is 2. The molecule has 0 atom stereocenters. The van der Waals surface area contributed by atoms with E-state index in [-0.39, 0.29) is 18.3 Å². The molecule has 2 N–H and O–H groups in total. The Morgan fingerprint density at radius 3 is 2.72 bits per heavy atom. The lowest BCUT2D eigenvalue weighted by Gasteiger charge is -2.14. The molecule has 1 aliphatic heterocycles. The SMILES string of the molecule is CC(=NO)c1c(-c2ccc(F)cc2)cc2c3c1ccn3C(=O)CNC2. The third kappa shape index (κ3) is 2.42. The molecule has 0 unspecified atom stereocenters. The number of carbonyl (C=O) groups excluding carboxylic acids is 1. The molecule has 6 heteroatoms. The van der Waals surface area contributed by atoms with Gasteiger partial charge in [0.05, 0.1) is 17.8 Å². The summed E-state index contributed by atoms with van der Waals surface area (Å²) in [6.07, 6.45) is 1.74. The van der Waals surface area contributed by atoms with Gasteiger partial charge in [0.1, 0.15) is 5.82 Å². The minimum absolute atomic E-state index is 0.0344. The van der Waals surface area contributed by atoms with E-state index < -0.39 is 0 Å². The fourth-order valence-corrected chi connectivity index (χ4v) is 3.45. The second-order valence-electron chi connectivity index (χ2n) is 6.10. The third-order valence-corrected chi connectivity index (χ3v) is 4.58. The summed E-state index contributed by atoms with van der Waals surface area (Å²) < 4.78 is 15.0. The van der Waals surface area contributed by atoms with Crippen molar-refractivity contribution in [2.75, 3.05) is 6.54 Å². The van der Waals surface area contributed by atoms with Crippen molar-refractivity contribution in [3.05, 3.63) is 59.5 Å². The molecular weight excluding hydrogens is 321 g/mol. The number of aromatic nitrogens is 1. The zero-order valence-electron chi connectivity index (χ0n) is 13.6. The number of halogens is 1. The highest BCUT2D eigenvalue weighted by molar-refractivity contribution is 6.16. The molecule has 0 fully saturated rings. The number of benzene rings is 2. The molecule has 0 spiro atoms. The van der Waals surface area contributed by atoms with Crippen LogP contribution in [-0.2, 0) is 6.54 Å². The second kappa shape index (κ2) is 5.82. The second-order valence-corrected chi connectivity index (χ2v) is 6.10. The van der Waals surface area contributed by atoms with Crippen molar-refractivity contribution in [2.24, 2.45) is 5.16 Å². The molecule has 0 aliphatic carbocycles. The van der Waals surface area contributed by atoms with Crippen LogP contribution in [0.15, 0.2) is 47.8 Å². The summed E-state index contributed by atoms with van der Waals surface area (Å²) in [6, 6.07) is 10.0. The molecular formula is C19H16FN3O2. The number of hydrogen-bond donors (Lipinski definition) is 2. The van der Waals surface area contributed by atoms with Crippen molar-refractivity contribution < 1.29 is 14.4 Å². The van der Waals surface area contributed by atoms with Crippen molar-refractivity contribution in [1.82, 2.24) is 9.88 Å². The molecule has 1 aromatic heterocycles. The summed E-state index contributed by atoms with van der Waals surface area (Å²) in [4.78, 5) is 12.3. The van der Waals surface area contributed by atoms with E-state index in [4.69, 9.17) is 0 Å². The van der Waals surface area contributed by atoms with Crippen LogP contribution in [0.1, 0.15) is 22.8 Å². The highest BCUT2D eigenvalue weighted by Crippen LogP contribution is 2.35. The maximum absolute atomic E-state index is 13.3. The zero-order valence-corrected chi connectivity index (χ0v) is 13.6. The lowest BCUT2D eigenvalue weighted by atomic mass is 9.91. The van der Waals surface area contributed by atoms with E-state index in [1.165, 1.54) is 12.1 Å². The summed E-state index contributed by atoms with van der Waals surface area (Å²) in [6.45, 7) is 2.52. The largest absolute Gasteiger partial charge is 0.411 e. The molecule has 2 heterocycles. The van der Waals surface area contributed by atoms with Gasteiger partial charge in [-0.1, -0.05) is 17.3 Å². The highest BCUT2D eigenvalue weighted by atomic mass is 19.1. The molecule has 1 aliphatic rings. The van der Waals surface area contributed by atoms with Gasteiger partial charge in [-0.25, -0.2) is 4.39 Å². The van der Waals surface area contributed by atoms with Crippen LogP contribution in [-0.4, -0.2) is 27.9 Å². The zero-order chi connectivity index (χ0) is 17.6. The number of oxime groups is 1. The molecule has 0 radical (unpaired) electrons. The first-order valence-electron chi connectivity index (χ1n) is 7.96. The summed E-state index contributed by atoms with van der Waals surface area (Å²) in [7, 11) is 0. The van der Waals surface area contributed by atoms with Gasteiger partial charge in [-0.3, -0.25) is 9.36 Å². The fourth-order valence-electron chi connectivity index (χ4n) is 3.45. The fraction of sp³-hybridized carbons (Fsp3) is 0.158. The summed E-state index contributed by atoms with van der Waals surface area (Å²) in [5.41, 5.74) is 4.63. The number of carbonyl (C=O) groups is 1. The van der Waals surface area contributed by atoms with Crippen LogP contribution in [0.3, 0.4) is 0 Å². The molecule has 0 saturated heterocycles. The van der Waals surface area contributed by atoms with Crippen molar-refractivity contribution >= 4 is 22.5 Å². The first-order valence-corrected chi connectivity index (χ1v) is 7.96. The maximum Gasteiger partial charge on any atom is 0.245 e. The van der Waals surface area contributed by atoms with Crippen LogP contribution >= 0.6 is 0 Å². The Labute approximate surface area is 143 Å². The van der Waals surface area contributed by atoms with Crippen molar-refractivity contribution in [3.8, 4) is 11.1 Å². The maximum atomic E-state index is 13.3. The van der Waals surface area contributed by atoms with E-state index in [1.807, 2.05) is 12.1 Å². The average molecular weight is 337 g/mol. The van der Waals surface area contributed by atoms with Gasteiger partial charge in [-0.05, 0) is 47.9 Å². The molecule has 4 rings (SSSR count). The predicted molar refractivity (Wildman–Crippen MR) is 93.7 cm³/mol. The quantitative estimate of drug-likeness (QED) is 0.428. The van der Waals surface area contributed by atoms with Gasteiger partial charge in [-0.15, -0.1) is 0 Å². The first kappa shape index (κ1) is 15.5. The van der Waals surface area contributed by atoms with E-state index in [0.29, 0.717) is 12.3 Å². The average Bonchev–Trinajstić information content (AvgIpc) is 2.99. The molecule has 25 heavy (non-hydrogen) atoms. The minimum atomic E-state index is -0.310. The molecule has 0 amide bonds. The van der Waals surface area contributed by atoms with Crippen LogP contribution in [0.5, 0.6) is 0 Å². The van der Waals surface area contributed by atoms with Gasteiger partial charge in [0.15, 0.2) is 0 Å². The van der Waals surface area contributed by atoms with Gasteiger partial charge in [0.2, 0.25) is 5.91 Å². The van der Waals surface area contributed by atoms with E-state index >= 15 is 0 Å². The molecule has 3 aromatic rings. The molecule has 0 bridgehead atoms. The Bertz CT molecular complexity index is 1020. The number of rotatable bonds is 2.